The van der Waals surface area contributed by atoms with E-state index in [0.29, 0.717) is 10.8 Å². The summed E-state index contributed by atoms with van der Waals surface area (Å²) < 4.78 is 1.03. The van der Waals surface area contributed by atoms with Crippen LogP contribution in [0.25, 0.3) is 10.2 Å². The highest BCUT2D eigenvalue weighted by atomic mass is 32.1. The van der Waals surface area contributed by atoms with Crippen LogP contribution in [0.2, 0.25) is 0 Å². The Bertz CT molecular complexity index is 891. The van der Waals surface area contributed by atoms with Gasteiger partial charge >= 0.3 is 6.03 Å². The predicted octanol–water partition coefficient (Wildman–Crippen LogP) is 2.91. The van der Waals surface area contributed by atoms with Crippen molar-refractivity contribution >= 4 is 38.9 Å². The highest BCUT2D eigenvalue weighted by molar-refractivity contribution is 7.22. The molecule has 0 saturated heterocycles. The molecule has 8 heteroatoms. The first-order valence-corrected chi connectivity index (χ1v) is 8.47. The van der Waals surface area contributed by atoms with E-state index in [-0.39, 0.29) is 0 Å². The Balaban J connectivity index is 1.62. The van der Waals surface area contributed by atoms with Crippen molar-refractivity contribution in [3.05, 3.63) is 53.9 Å². The predicted molar refractivity (Wildman–Crippen MR) is 101 cm³/mol. The van der Waals surface area contributed by atoms with Crippen molar-refractivity contribution in [3.63, 3.8) is 0 Å². The number of aromatic nitrogens is 2. The number of carbonyl (C=O) groups is 1. The molecule has 2 N–H and O–H groups in total. The standard InChI is InChI=1S/C17H18N6OS/c1-23(2)11-12-6-7-14-15(9-12)25-17(20-14)21-16(24)22-19-10-13-5-3-4-8-18-13/h3-10H,11H2,1-2H3,(H2,20,21,22,24)/b19-10+. The first-order chi connectivity index (χ1) is 12.1. The molecule has 1 aromatic carbocycles. The zero-order valence-corrected chi connectivity index (χ0v) is 14.7. The van der Waals surface area contributed by atoms with Gasteiger partial charge in [-0.1, -0.05) is 23.5 Å². The second-order valence-corrected chi connectivity index (χ2v) is 6.67. The number of nitrogens with one attached hydrogen (secondary N) is 2. The lowest BCUT2D eigenvalue weighted by molar-refractivity contribution is 0.252. The van der Waals surface area contributed by atoms with E-state index in [1.165, 1.54) is 23.1 Å². The Kier molecular flexibility index (Phi) is 5.32. The average Bonchev–Trinajstić information content (AvgIpc) is 2.96. The number of hydrazone groups is 1. The highest BCUT2D eigenvalue weighted by Crippen LogP contribution is 2.27. The molecule has 0 radical (unpaired) electrons. The number of rotatable bonds is 5. The van der Waals surface area contributed by atoms with E-state index in [4.69, 9.17) is 0 Å². The van der Waals surface area contributed by atoms with Gasteiger partial charge in [0.15, 0.2) is 5.13 Å². The largest absolute Gasteiger partial charge is 0.341 e. The fourth-order valence-corrected chi connectivity index (χ4v) is 3.15. The molecule has 0 bridgehead atoms. The van der Waals surface area contributed by atoms with Crippen LogP contribution in [-0.4, -0.2) is 41.2 Å². The van der Waals surface area contributed by atoms with E-state index in [0.717, 1.165) is 16.8 Å². The molecule has 2 heterocycles. The molecule has 0 saturated carbocycles. The zero-order valence-electron chi connectivity index (χ0n) is 13.9. The summed E-state index contributed by atoms with van der Waals surface area (Å²) in [4.78, 5) is 22.5. The van der Waals surface area contributed by atoms with E-state index >= 15 is 0 Å². The lowest BCUT2D eigenvalue weighted by Gasteiger charge is -2.08. The van der Waals surface area contributed by atoms with Gasteiger partial charge < -0.3 is 4.90 Å². The van der Waals surface area contributed by atoms with Gasteiger partial charge in [0.05, 0.1) is 22.1 Å². The topological polar surface area (TPSA) is 82.5 Å². The van der Waals surface area contributed by atoms with Crippen molar-refractivity contribution in [3.8, 4) is 0 Å². The molecule has 3 rings (SSSR count). The Labute approximate surface area is 149 Å². The summed E-state index contributed by atoms with van der Waals surface area (Å²) in [5, 5.41) is 7.08. The normalized spacial score (nSPS) is 11.3. The molecule has 0 unspecified atom stereocenters. The van der Waals surface area contributed by atoms with Gasteiger partial charge in [-0.05, 0) is 43.9 Å². The molecule has 7 nitrogen and oxygen atoms in total. The van der Waals surface area contributed by atoms with Crippen molar-refractivity contribution in [1.29, 1.82) is 0 Å². The fourth-order valence-electron chi connectivity index (χ4n) is 2.22. The molecule has 25 heavy (non-hydrogen) atoms. The number of anilines is 1. The maximum absolute atomic E-state index is 11.9. The van der Waals surface area contributed by atoms with Gasteiger partial charge in [0.25, 0.3) is 0 Å². The minimum atomic E-state index is -0.445. The third-order valence-corrected chi connectivity index (χ3v) is 4.16. The number of amides is 2. The van der Waals surface area contributed by atoms with E-state index < -0.39 is 6.03 Å². The quantitative estimate of drug-likeness (QED) is 0.545. The lowest BCUT2D eigenvalue weighted by Crippen LogP contribution is -2.24. The minimum Gasteiger partial charge on any atom is -0.305 e. The third kappa shape index (κ3) is 4.82. The molecule has 128 valence electrons. The van der Waals surface area contributed by atoms with Crippen molar-refractivity contribution in [2.24, 2.45) is 5.10 Å². The smallest absolute Gasteiger partial charge is 0.305 e. The number of hydrogen-bond donors (Lipinski definition) is 2. The first kappa shape index (κ1) is 17.0. The third-order valence-electron chi connectivity index (χ3n) is 3.22. The first-order valence-electron chi connectivity index (χ1n) is 7.65. The van der Waals surface area contributed by atoms with Crippen LogP contribution < -0.4 is 10.7 Å². The van der Waals surface area contributed by atoms with Gasteiger partial charge in [0, 0.05) is 12.7 Å². The molecule has 0 aliphatic heterocycles. The van der Waals surface area contributed by atoms with Crippen LogP contribution in [0.3, 0.4) is 0 Å². The summed E-state index contributed by atoms with van der Waals surface area (Å²) in [6, 6.07) is 11.1. The number of carbonyl (C=O) groups excluding carboxylic acids is 1. The number of pyridine rings is 1. The fraction of sp³-hybridized carbons (Fsp3) is 0.176. The molecule has 2 amide bonds. The number of urea groups is 1. The Hall–Kier alpha value is -2.84. The summed E-state index contributed by atoms with van der Waals surface area (Å²) >= 11 is 1.43. The monoisotopic (exact) mass is 354 g/mol. The van der Waals surface area contributed by atoms with Crippen LogP contribution in [0.15, 0.2) is 47.7 Å². The molecule has 0 aliphatic rings. The van der Waals surface area contributed by atoms with Crippen LogP contribution in [0, 0.1) is 0 Å². The van der Waals surface area contributed by atoms with Gasteiger partial charge in [-0.2, -0.15) is 5.10 Å². The lowest BCUT2D eigenvalue weighted by atomic mass is 10.2. The average molecular weight is 354 g/mol. The Morgan fingerprint density at radius 2 is 2.20 bits per heavy atom. The number of fused-ring (bicyclic) bond motifs is 1. The second-order valence-electron chi connectivity index (χ2n) is 5.64. The molecule has 0 spiro atoms. The second kappa shape index (κ2) is 7.82. The summed E-state index contributed by atoms with van der Waals surface area (Å²) in [7, 11) is 4.05. The maximum Gasteiger partial charge on any atom is 0.341 e. The molecule has 0 aliphatic carbocycles. The number of benzene rings is 1. The van der Waals surface area contributed by atoms with E-state index in [9.17, 15) is 4.79 Å². The van der Waals surface area contributed by atoms with E-state index in [1.807, 2.05) is 38.4 Å². The highest BCUT2D eigenvalue weighted by Gasteiger charge is 2.08. The number of nitrogens with zero attached hydrogens (tertiary/aromatic N) is 4. The van der Waals surface area contributed by atoms with E-state index in [2.05, 4.69) is 36.8 Å². The van der Waals surface area contributed by atoms with Gasteiger partial charge in [0.1, 0.15) is 0 Å². The number of hydrogen-bond acceptors (Lipinski definition) is 6. The van der Waals surface area contributed by atoms with Crippen LogP contribution in [-0.2, 0) is 6.54 Å². The van der Waals surface area contributed by atoms with E-state index in [1.54, 1.807) is 12.3 Å². The van der Waals surface area contributed by atoms with Gasteiger partial charge in [0.2, 0.25) is 0 Å². The van der Waals surface area contributed by atoms with Crippen LogP contribution in [0.1, 0.15) is 11.3 Å². The zero-order chi connectivity index (χ0) is 17.6. The van der Waals surface area contributed by atoms with Gasteiger partial charge in [-0.15, -0.1) is 0 Å². The van der Waals surface area contributed by atoms with Gasteiger partial charge in [-0.3, -0.25) is 10.3 Å². The van der Waals surface area contributed by atoms with Crippen LogP contribution in [0.4, 0.5) is 9.93 Å². The maximum atomic E-state index is 11.9. The summed E-state index contributed by atoms with van der Waals surface area (Å²) in [5.74, 6) is 0. The molecule has 0 atom stereocenters. The van der Waals surface area contributed by atoms with Crippen LogP contribution in [0.5, 0.6) is 0 Å². The van der Waals surface area contributed by atoms with Gasteiger partial charge in [-0.25, -0.2) is 15.2 Å². The summed E-state index contributed by atoms with van der Waals surface area (Å²) in [6.45, 7) is 0.860. The van der Waals surface area contributed by atoms with Crippen molar-refractivity contribution in [1.82, 2.24) is 20.3 Å². The van der Waals surface area contributed by atoms with Crippen molar-refractivity contribution in [2.75, 3.05) is 19.4 Å². The number of thiazole rings is 1. The molecule has 2 aromatic heterocycles. The molecular weight excluding hydrogens is 336 g/mol. The SMILES string of the molecule is CN(C)Cc1ccc2nc(NC(=O)N/N=C/c3ccccn3)sc2c1. The van der Waals surface area contributed by atoms with Crippen LogP contribution >= 0.6 is 11.3 Å². The molecular formula is C17H18N6OS. The summed E-state index contributed by atoms with van der Waals surface area (Å²) in [5.41, 5.74) is 5.13. The molecule has 0 fully saturated rings. The van der Waals surface area contributed by atoms with Crippen molar-refractivity contribution < 1.29 is 4.79 Å². The summed E-state index contributed by atoms with van der Waals surface area (Å²) in [6.07, 6.45) is 3.14. The minimum absolute atomic E-state index is 0.445. The Morgan fingerprint density at radius 3 is 2.96 bits per heavy atom. The Morgan fingerprint density at radius 1 is 1.32 bits per heavy atom. The van der Waals surface area contributed by atoms with Crippen molar-refractivity contribution in [2.45, 2.75) is 6.54 Å². The molecule has 3 aromatic rings.